The third-order valence-electron chi connectivity index (χ3n) is 9.96. The summed E-state index contributed by atoms with van der Waals surface area (Å²) < 4.78 is 39.9. The summed E-state index contributed by atoms with van der Waals surface area (Å²) in [4.78, 5) is 14.4. The minimum Gasteiger partial charge on any atom is -0.465 e. The third-order valence-corrected chi connectivity index (χ3v) is 9.96. The molecule has 0 radical (unpaired) electrons. The fraction of sp³-hybridized carbons (Fsp3) is 0.977. The molecule has 7 heteroatoms. The Hall–Kier alpha value is -0.730. The number of hydrogen-bond donors (Lipinski definition) is 0. The van der Waals surface area contributed by atoms with Gasteiger partial charge in [0.05, 0.1) is 33.5 Å². The lowest BCUT2D eigenvalue weighted by Crippen LogP contribution is -2.71. The van der Waals surface area contributed by atoms with Crippen LogP contribution in [-0.2, 0) is 33.2 Å². The molecule has 0 aromatic carbocycles. The first-order valence-electron chi connectivity index (χ1n) is 22.3. The molecule has 0 rings (SSSR count). The molecule has 0 aliphatic heterocycles. The number of carbonyl (C=O) groups is 1. The smallest absolute Gasteiger partial charge is 0.372 e. The van der Waals surface area contributed by atoms with Gasteiger partial charge in [-0.15, -0.1) is 0 Å². The van der Waals surface area contributed by atoms with Crippen molar-refractivity contribution in [1.82, 2.24) is 0 Å². The van der Waals surface area contributed by atoms with Gasteiger partial charge in [-0.05, 0) is 38.5 Å². The van der Waals surface area contributed by atoms with E-state index in [1.54, 1.807) is 0 Å². The van der Waals surface area contributed by atoms with Crippen molar-refractivity contribution in [1.29, 1.82) is 0 Å². The highest BCUT2D eigenvalue weighted by Crippen LogP contribution is 2.42. The van der Waals surface area contributed by atoms with Crippen LogP contribution < -0.4 is 0 Å². The van der Waals surface area contributed by atoms with Crippen LogP contribution in [0.5, 0.6) is 0 Å². The third kappa shape index (κ3) is 22.3. The molecule has 0 aromatic heterocycles. The van der Waals surface area contributed by atoms with Crippen molar-refractivity contribution < 1.29 is 33.2 Å². The van der Waals surface area contributed by atoms with Crippen LogP contribution in [0.4, 0.5) is 0 Å². The molecule has 0 saturated heterocycles. The molecule has 0 saturated carbocycles. The van der Waals surface area contributed by atoms with Gasteiger partial charge in [0, 0.05) is 6.61 Å². The Labute approximate surface area is 317 Å². The SMILES string of the molecule is CCCCCCCCCCCCCCC(OCCCCC)C(OCCCCC)(OCCCCC)C(OCCCCC)(OCCCCC)C(=O)OC. The van der Waals surface area contributed by atoms with E-state index in [2.05, 4.69) is 41.5 Å². The van der Waals surface area contributed by atoms with Crippen LogP contribution in [0.3, 0.4) is 0 Å². The van der Waals surface area contributed by atoms with Gasteiger partial charge in [0.1, 0.15) is 6.10 Å². The van der Waals surface area contributed by atoms with E-state index < -0.39 is 23.6 Å². The van der Waals surface area contributed by atoms with E-state index in [0.717, 1.165) is 109 Å². The van der Waals surface area contributed by atoms with E-state index in [4.69, 9.17) is 28.4 Å². The summed E-state index contributed by atoms with van der Waals surface area (Å²) >= 11 is 0. The van der Waals surface area contributed by atoms with Gasteiger partial charge in [-0.25, -0.2) is 4.79 Å². The zero-order valence-electron chi connectivity index (χ0n) is 35.3. The largest absolute Gasteiger partial charge is 0.465 e. The molecule has 1 atom stereocenters. The number of ether oxygens (including phenoxy) is 6. The Kier molecular flexibility index (Phi) is 35.7. The Morgan fingerprint density at radius 2 is 0.725 bits per heavy atom. The van der Waals surface area contributed by atoms with Crippen LogP contribution >= 0.6 is 0 Å². The number of carbonyl (C=O) groups excluding carboxylic acids is 1. The Morgan fingerprint density at radius 1 is 0.412 bits per heavy atom. The zero-order valence-corrected chi connectivity index (χ0v) is 35.3. The number of hydrogen-bond acceptors (Lipinski definition) is 7. The summed E-state index contributed by atoms with van der Waals surface area (Å²) in [6.45, 7) is 15.3. The molecule has 0 aliphatic rings. The Morgan fingerprint density at radius 3 is 1.10 bits per heavy atom. The number of rotatable bonds is 41. The maximum absolute atomic E-state index is 14.4. The summed E-state index contributed by atoms with van der Waals surface area (Å²) in [6, 6.07) is 0. The molecule has 1 unspecified atom stereocenters. The molecular formula is C44H88O7. The van der Waals surface area contributed by atoms with Crippen molar-refractivity contribution in [2.75, 3.05) is 40.1 Å². The second-order valence-corrected chi connectivity index (χ2v) is 14.7. The van der Waals surface area contributed by atoms with Crippen LogP contribution in [0.1, 0.15) is 221 Å². The Balaban J connectivity index is 6.58. The monoisotopic (exact) mass is 729 g/mol. The molecule has 7 nitrogen and oxygen atoms in total. The zero-order chi connectivity index (χ0) is 37.7. The van der Waals surface area contributed by atoms with Crippen molar-refractivity contribution >= 4 is 5.97 Å². The quantitative estimate of drug-likeness (QED) is 0.0352. The summed E-state index contributed by atoms with van der Waals surface area (Å²) in [5.41, 5.74) is 0. The summed E-state index contributed by atoms with van der Waals surface area (Å²) in [7, 11) is 1.42. The van der Waals surface area contributed by atoms with Crippen molar-refractivity contribution in [3.8, 4) is 0 Å². The molecule has 0 bridgehead atoms. The van der Waals surface area contributed by atoms with Gasteiger partial charge >= 0.3 is 11.8 Å². The molecule has 51 heavy (non-hydrogen) atoms. The highest BCUT2D eigenvalue weighted by Gasteiger charge is 2.67. The molecule has 306 valence electrons. The van der Waals surface area contributed by atoms with E-state index in [9.17, 15) is 4.79 Å². The second kappa shape index (κ2) is 36.3. The van der Waals surface area contributed by atoms with E-state index >= 15 is 0 Å². The van der Waals surface area contributed by atoms with Crippen molar-refractivity contribution in [2.45, 2.75) is 239 Å². The maximum atomic E-state index is 14.4. The molecule has 0 fully saturated rings. The van der Waals surface area contributed by atoms with Crippen molar-refractivity contribution in [3.05, 3.63) is 0 Å². The Bertz CT molecular complexity index is 706. The first kappa shape index (κ1) is 50.3. The van der Waals surface area contributed by atoms with Crippen LogP contribution in [0, 0.1) is 0 Å². The van der Waals surface area contributed by atoms with Gasteiger partial charge in [0.15, 0.2) is 0 Å². The van der Waals surface area contributed by atoms with Crippen LogP contribution in [0.2, 0.25) is 0 Å². The molecular weight excluding hydrogens is 640 g/mol. The van der Waals surface area contributed by atoms with Crippen molar-refractivity contribution in [2.24, 2.45) is 0 Å². The lowest BCUT2D eigenvalue weighted by Gasteiger charge is -2.49. The number of unbranched alkanes of at least 4 members (excludes halogenated alkanes) is 21. The highest BCUT2D eigenvalue weighted by molar-refractivity contribution is 5.79. The van der Waals surface area contributed by atoms with E-state index in [-0.39, 0.29) is 0 Å². The van der Waals surface area contributed by atoms with E-state index in [1.807, 2.05) is 0 Å². The average molecular weight is 729 g/mol. The minimum absolute atomic E-state index is 0.344. The van der Waals surface area contributed by atoms with Gasteiger partial charge in [-0.1, -0.05) is 183 Å². The summed E-state index contributed by atoms with van der Waals surface area (Å²) in [5, 5.41) is 0. The number of esters is 1. The molecule has 0 N–H and O–H groups in total. The molecule has 0 aliphatic carbocycles. The van der Waals surface area contributed by atoms with Gasteiger partial charge in [0.25, 0.3) is 5.79 Å². The number of methoxy groups -OCH3 is 1. The standard InChI is InChI=1S/C44H88O7/c1-8-14-20-21-22-23-24-25-26-27-28-29-35-41(47-36-30-15-9-2)43(48-37-31-16-10-3,49-38-32-17-11-4)44(42(45)46-7,50-39-33-18-12-5)51-40-34-19-13-6/h41H,8-40H2,1-7H3. The molecule has 0 spiro atoms. The normalized spacial score (nSPS) is 12.8. The van der Waals surface area contributed by atoms with Gasteiger partial charge in [-0.3, -0.25) is 0 Å². The van der Waals surface area contributed by atoms with Gasteiger partial charge in [-0.2, -0.15) is 0 Å². The average Bonchev–Trinajstić information content (AvgIpc) is 3.14. The molecule has 0 amide bonds. The fourth-order valence-electron chi connectivity index (χ4n) is 6.69. The highest BCUT2D eigenvalue weighted by atomic mass is 16.8. The first-order valence-corrected chi connectivity index (χ1v) is 22.3. The van der Waals surface area contributed by atoms with Gasteiger partial charge < -0.3 is 28.4 Å². The summed E-state index contributed by atoms with van der Waals surface area (Å²) in [5.74, 6) is -4.11. The van der Waals surface area contributed by atoms with Crippen LogP contribution in [0.25, 0.3) is 0 Å². The van der Waals surface area contributed by atoms with Crippen molar-refractivity contribution in [3.63, 3.8) is 0 Å². The predicted octanol–water partition coefficient (Wildman–Crippen LogP) is 13.0. The van der Waals surface area contributed by atoms with Gasteiger partial charge in [0.2, 0.25) is 0 Å². The maximum Gasteiger partial charge on any atom is 0.372 e. The minimum atomic E-state index is -1.91. The fourth-order valence-corrected chi connectivity index (χ4v) is 6.69. The summed E-state index contributed by atoms with van der Waals surface area (Å²) in [6.07, 6.45) is 30.1. The predicted molar refractivity (Wildman–Crippen MR) is 214 cm³/mol. The first-order chi connectivity index (χ1) is 25.0. The van der Waals surface area contributed by atoms with E-state index in [0.29, 0.717) is 39.5 Å². The lowest BCUT2D eigenvalue weighted by atomic mass is 9.92. The molecule has 0 heterocycles. The van der Waals surface area contributed by atoms with E-state index in [1.165, 1.54) is 71.3 Å². The van der Waals surface area contributed by atoms with Crippen LogP contribution in [-0.4, -0.2) is 63.8 Å². The lowest BCUT2D eigenvalue weighted by molar-refractivity contribution is -0.424. The topological polar surface area (TPSA) is 72.5 Å². The second-order valence-electron chi connectivity index (χ2n) is 14.7. The van der Waals surface area contributed by atoms with Crippen LogP contribution in [0.15, 0.2) is 0 Å². The molecule has 0 aromatic rings.